The van der Waals surface area contributed by atoms with Crippen molar-refractivity contribution in [1.82, 2.24) is 9.97 Å². The average molecular weight is 178 g/mol. The van der Waals surface area contributed by atoms with E-state index in [1.54, 1.807) is 12.4 Å². The van der Waals surface area contributed by atoms with Crippen LogP contribution < -0.4 is 0 Å². The van der Waals surface area contributed by atoms with Gasteiger partial charge in [0.05, 0.1) is 11.4 Å². The fourth-order valence-corrected chi connectivity index (χ4v) is 1.35. The van der Waals surface area contributed by atoms with E-state index in [1.807, 2.05) is 0 Å². The van der Waals surface area contributed by atoms with Crippen LogP contribution in [0.5, 0.6) is 0 Å². The molecule has 0 bridgehead atoms. The summed E-state index contributed by atoms with van der Waals surface area (Å²) in [5, 5.41) is 0. The van der Waals surface area contributed by atoms with Gasteiger partial charge in [0.2, 0.25) is 0 Å². The molecule has 0 saturated heterocycles. The van der Waals surface area contributed by atoms with Crippen molar-refractivity contribution >= 4 is 0 Å². The summed E-state index contributed by atoms with van der Waals surface area (Å²) in [6.07, 6.45) is 3.54. The smallest absolute Gasteiger partial charge is 0.0674 e. The number of nitrogens with zero attached hydrogens (tertiary/aromatic N) is 2. The van der Waals surface area contributed by atoms with Crippen molar-refractivity contribution < 1.29 is 0 Å². The summed E-state index contributed by atoms with van der Waals surface area (Å²) >= 11 is 0. The first-order chi connectivity index (χ1) is 5.93. The maximum absolute atomic E-state index is 4.41. The van der Waals surface area contributed by atoms with E-state index >= 15 is 0 Å². The standard InChI is InChI=1S/C11H18N2/c1-8(2)9-10(11(3,4)5)13-7-6-12-9/h6-8H,1-5H3. The van der Waals surface area contributed by atoms with Gasteiger partial charge in [-0.05, 0) is 5.92 Å². The van der Waals surface area contributed by atoms with Gasteiger partial charge in [0.1, 0.15) is 0 Å². The second-order valence-corrected chi connectivity index (χ2v) is 4.69. The van der Waals surface area contributed by atoms with Crippen molar-refractivity contribution in [2.45, 2.75) is 46.0 Å². The predicted octanol–water partition coefficient (Wildman–Crippen LogP) is 2.90. The molecule has 0 saturated carbocycles. The molecular weight excluding hydrogens is 160 g/mol. The van der Waals surface area contributed by atoms with E-state index in [9.17, 15) is 0 Å². The molecule has 0 aliphatic rings. The molecule has 2 heteroatoms. The highest BCUT2D eigenvalue weighted by Crippen LogP contribution is 2.26. The summed E-state index contributed by atoms with van der Waals surface area (Å²) in [5.41, 5.74) is 2.33. The van der Waals surface area contributed by atoms with E-state index < -0.39 is 0 Å². The van der Waals surface area contributed by atoms with Crippen LogP contribution in [0, 0.1) is 0 Å². The molecule has 0 aliphatic heterocycles. The summed E-state index contributed by atoms with van der Waals surface area (Å²) in [7, 11) is 0. The van der Waals surface area contributed by atoms with Gasteiger partial charge in [-0.1, -0.05) is 34.6 Å². The van der Waals surface area contributed by atoms with Crippen molar-refractivity contribution in [3.05, 3.63) is 23.8 Å². The monoisotopic (exact) mass is 178 g/mol. The second kappa shape index (κ2) is 3.44. The van der Waals surface area contributed by atoms with Crippen molar-refractivity contribution in [1.29, 1.82) is 0 Å². The highest BCUT2D eigenvalue weighted by atomic mass is 14.8. The fourth-order valence-electron chi connectivity index (χ4n) is 1.35. The van der Waals surface area contributed by atoms with Gasteiger partial charge in [-0.2, -0.15) is 0 Å². The molecule has 1 aromatic heterocycles. The van der Waals surface area contributed by atoms with Crippen LogP contribution in [0.2, 0.25) is 0 Å². The van der Waals surface area contributed by atoms with E-state index in [1.165, 1.54) is 0 Å². The lowest BCUT2D eigenvalue weighted by atomic mass is 9.87. The minimum Gasteiger partial charge on any atom is -0.257 e. The lowest BCUT2D eigenvalue weighted by molar-refractivity contribution is 0.547. The molecule has 1 heterocycles. The molecule has 13 heavy (non-hydrogen) atoms. The molecule has 72 valence electrons. The van der Waals surface area contributed by atoms with Crippen LogP contribution in [0.3, 0.4) is 0 Å². The van der Waals surface area contributed by atoms with Crippen molar-refractivity contribution in [3.63, 3.8) is 0 Å². The van der Waals surface area contributed by atoms with Crippen LogP contribution >= 0.6 is 0 Å². The molecule has 2 nitrogen and oxygen atoms in total. The Kier molecular flexibility index (Phi) is 2.69. The predicted molar refractivity (Wildman–Crippen MR) is 54.8 cm³/mol. The Morgan fingerprint density at radius 1 is 1.08 bits per heavy atom. The van der Waals surface area contributed by atoms with Gasteiger partial charge >= 0.3 is 0 Å². The SMILES string of the molecule is CC(C)c1nccnc1C(C)(C)C. The highest BCUT2D eigenvalue weighted by Gasteiger charge is 2.21. The fraction of sp³-hybridized carbons (Fsp3) is 0.636. The number of hydrogen-bond donors (Lipinski definition) is 0. The van der Waals surface area contributed by atoms with Crippen LogP contribution in [0.1, 0.15) is 51.9 Å². The van der Waals surface area contributed by atoms with E-state index in [4.69, 9.17) is 0 Å². The van der Waals surface area contributed by atoms with Gasteiger partial charge in [0.25, 0.3) is 0 Å². The van der Waals surface area contributed by atoms with Crippen molar-refractivity contribution in [2.24, 2.45) is 0 Å². The molecule has 0 fully saturated rings. The van der Waals surface area contributed by atoms with Crippen LogP contribution in [-0.4, -0.2) is 9.97 Å². The van der Waals surface area contributed by atoms with Gasteiger partial charge in [-0.3, -0.25) is 9.97 Å². The maximum atomic E-state index is 4.41. The van der Waals surface area contributed by atoms with Gasteiger partial charge in [-0.25, -0.2) is 0 Å². The van der Waals surface area contributed by atoms with Crippen LogP contribution in [-0.2, 0) is 5.41 Å². The zero-order valence-electron chi connectivity index (χ0n) is 9.13. The van der Waals surface area contributed by atoms with Gasteiger partial charge in [0.15, 0.2) is 0 Å². The molecule has 0 atom stereocenters. The summed E-state index contributed by atoms with van der Waals surface area (Å²) in [4.78, 5) is 8.79. The Morgan fingerprint density at radius 2 is 1.62 bits per heavy atom. The molecule has 0 N–H and O–H groups in total. The van der Waals surface area contributed by atoms with Crippen LogP contribution in [0.25, 0.3) is 0 Å². The average Bonchev–Trinajstić information content (AvgIpc) is 2.03. The molecule has 0 aromatic carbocycles. The summed E-state index contributed by atoms with van der Waals surface area (Å²) in [6.45, 7) is 10.8. The van der Waals surface area contributed by atoms with Gasteiger partial charge in [0, 0.05) is 17.8 Å². The Labute approximate surface area is 80.4 Å². The molecule has 0 amide bonds. The highest BCUT2D eigenvalue weighted by molar-refractivity contribution is 5.21. The number of rotatable bonds is 1. The van der Waals surface area contributed by atoms with Gasteiger partial charge in [-0.15, -0.1) is 0 Å². The molecular formula is C11H18N2. The molecule has 1 aromatic rings. The zero-order chi connectivity index (χ0) is 10.1. The van der Waals surface area contributed by atoms with E-state index in [0.717, 1.165) is 11.4 Å². The molecule has 1 rings (SSSR count). The third-order valence-electron chi connectivity index (χ3n) is 1.98. The topological polar surface area (TPSA) is 25.8 Å². The number of hydrogen-bond acceptors (Lipinski definition) is 2. The normalized spacial score (nSPS) is 12.2. The Balaban J connectivity index is 3.20. The summed E-state index contributed by atoms with van der Waals surface area (Å²) < 4.78 is 0. The quantitative estimate of drug-likeness (QED) is 0.660. The van der Waals surface area contributed by atoms with Crippen LogP contribution in [0.15, 0.2) is 12.4 Å². The summed E-state index contributed by atoms with van der Waals surface area (Å²) in [6, 6.07) is 0. The third-order valence-corrected chi connectivity index (χ3v) is 1.98. The van der Waals surface area contributed by atoms with Crippen molar-refractivity contribution in [2.75, 3.05) is 0 Å². The van der Waals surface area contributed by atoms with E-state index in [0.29, 0.717) is 5.92 Å². The maximum Gasteiger partial charge on any atom is 0.0674 e. The summed E-state index contributed by atoms with van der Waals surface area (Å²) in [5.74, 6) is 0.447. The Hall–Kier alpha value is -0.920. The molecule has 0 spiro atoms. The number of aromatic nitrogens is 2. The first-order valence-corrected chi connectivity index (χ1v) is 4.74. The minimum atomic E-state index is 0.0911. The zero-order valence-corrected chi connectivity index (χ0v) is 9.13. The van der Waals surface area contributed by atoms with E-state index in [-0.39, 0.29) is 5.41 Å². The Morgan fingerprint density at radius 3 is 2.00 bits per heavy atom. The largest absolute Gasteiger partial charge is 0.257 e. The lowest BCUT2D eigenvalue weighted by Gasteiger charge is -2.21. The van der Waals surface area contributed by atoms with E-state index in [2.05, 4.69) is 44.6 Å². The lowest BCUT2D eigenvalue weighted by Crippen LogP contribution is -2.18. The molecule has 0 aliphatic carbocycles. The first-order valence-electron chi connectivity index (χ1n) is 4.74. The molecule has 0 radical (unpaired) electrons. The molecule has 0 unspecified atom stereocenters. The minimum absolute atomic E-state index is 0.0911. The van der Waals surface area contributed by atoms with Crippen molar-refractivity contribution in [3.8, 4) is 0 Å². The third kappa shape index (κ3) is 2.27. The Bertz CT molecular complexity index is 284. The van der Waals surface area contributed by atoms with Crippen LogP contribution in [0.4, 0.5) is 0 Å². The first kappa shape index (κ1) is 10.2. The van der Waals surface area contributed by atoms with Gasteiger partial charge < -0.3 is 0 Å². The second-order valence-electron chi connectivity index (χ2n) is 4.69.